The van der Waals surface area contributed by atoms with Crippen molar-refractivity contribution < 1.29 is 19.0 Å². The fraction of sp³-hybridized carbons (Fsp3) is 0.364. The van der Waals surface area contributed by atoms with Crippen molar-refractivity contribution in [3.8, 4) is 17.2 Å². The van der Waals surface area contributed by atoms with E-state index in [4.69, 9.17) is 14.2 Å². The second-order valence-electron chi connectivity index (χ2n) is 6.28. The number of ether oxygens (including phenoxy) is 3. The number of guanidine groups is 1. The molecule has 0 heterocycles. The summed E-state index contributed by atoms with van der Waals surface area (Å²) < 4.78 is 15.7. The molecule has 0 aliphatic carbocycles. The van der Waals surface area contributed by atoms with Gasteiger partial charge in [0.05, 0.1) is 27.9 Å². The number of halogens is 1. The summed E-state index contributed by atoms with van der Waals surface area (Å²) in [6.07, 6.45) is 0. The van der Waals surface area contributed by atoms with E-state index in [1.54, 1.807) is 45.6 Å². The van der Waals surface area contributed by atoms with Gasteiger partial charge in [-0.2, -0.15) is 0 Å². The second kappa shape index (κ2) is 14.3. The molecule has 2 aromatic carbocycles. The molecule has 0 saturated carbocycles. The van der Waals surface area contributed by atoms with Crippen molar-refractivity contribution >= 4 is 35.8 Å². The predicted octanol–water partition coefficient (Wildman–Crippen LogP) is 2.82. The lowest BCUT2D eigenvalue weighted by Crippen LogP contribution is -2.41. The SMILES string of the molecule is CCNC(=NCc1ccc(OC)cc1OC)NCCNC(=O)c1ccc(OC)cc1.I. The van der Waals surface area contributed by atoms with E-state index in [0.717, 1.165) is 23.6 Å². The fourth-order valence-corrected chi connectivity index (χ4v) is 2.69. The molecule has 0 radical (unpaired) electrons. The summed E-state index contributed by atoms with van der Waals surface area (Å²) in [5.74, 6) is 2.70. The van der Waals surface area contributed by atoms with Crippen LogP contribution in [-0.2, 0) is 6.54 Å². The van der Waals surface area contributed by atoms with Gasteiger partial charge in [0, 0.05) is 36.8 Å². The van der Waals surface area contributed by atoms with Crippen LogP contribution in [0.25, 0.3) is 0 Å². The Bertz CT molecular complexity index is 844. The smallest absolute Gasteiger partial charge is 0.251 e. The molecule has 31 heavy (non-hydrogen) atoms. The molecule has 3 N–H and O–H groups in total. The molecular weight excluding hydrogens is 511 g/mol. The molecule has 1 amide bonds. The number of methoxy groups -OCH3 is 3. The summed E-state index contributed by atoms with van der Waals surface area (Å²) in [7, 11) is 4.83. The number of aliphatic imine (C=N–C) groups is 1. The minimum atomic E-state index is -0.135. The zero-order valence-corrected chi connectivity index (χ0v) is 20.7. The van der Waals surface area contributed by atoms with E-state index in [0.29, 0.717) is 36.9 Å². The van der Waals surface area contributed by atoms with Crippen molar-refractivity contribution in [1.29, 1.82) is 0 Å². The molecule has 0 aromatic heterocycles. The first kappa shape index (κ1) is 26.3. The number of hydrogen-bond acceptors (Lipinski definition) is 5. The van der Waals surface area contributed by atoms with E-state index in [-0.39, 0.29) is 29.9 Å². The minimum Gasteiger partial charge on any atom is -0.497 e. The van der Waals surface area contributed by atoms with Crippen molar-refractivity contribution in [2.75, 3.05) is 41.0 Å². The van der Waals surface area contributed by atoms with Gasteiger partial charge in [0.2, 0.25) is 0 Å². The Hall–Kier alpha value is -2.69. The van der Waals surface area contributed by atoms with Gasteiger partial charge in [0.15, 0.2) is 5.96 Å². The first-order valence-electron chi connectivity index (χ1n) is 9.76. The van der Waals surface area contributed by atoms with E-state index in [2.05, 4.69) is 20.9 Å². The Kier molecular flexibility index (Phi) is 12.2. The Balaban J connectivity index is 0.00000480. The third-order valence-corrected chi connectivity index (χ3v) is 4.30. The second-order valence-corrected chi connectivity index (χ2v) is 6.28. The highest BCUT2D eigenvalue weighted by Crippen LogP contribution is 2.25. The van der Waals surface area contributed by atoms with E-state index < -0.39 is 0 Å². The third kappa shape index (κ3) is 8.52. The van der Waals surface area contributed by atoms with Gasteiger partial charge < -0.3 is 30.2 Å². The summed E-state index contributed by atoms with van der Waals surface area (Å²) in [6.45, 7) is 4.16. The Morgan fingerprint density at radius 3 is 2.13 bits per heavy atom. The first-order chi connectivity index (χ1) is 14.6. The fourth-order valence-electron chi connectivity index (χ4n) is 2.69. The average Bonchev–Trinajstić information content (AvgIpc) is 2.79. The first-order valence-corrected chi connectivity index (χ1v) is 9.76. The van der Waals surface area contributed by atoms with Crippen LogP contribution in [0.1, 0.15) is 22.8 Å². The van der Waals surface area contributed by atoms with Crippen LogP contribution in [0.4, 0.5) is 0 Å². The van der Waals surface area contributed by atoms with Gasteiger partial charge in [-0.3, -0.25) is 4.79 Å². The van der Waals surface area contributed by atoms with Gasteiger partial charge in [0.1, 0.15) is 17.2 Å². The molecule has 0 fully saturated rings. The maximum Gasteiger partial charge on any atom is 0.251 e. The molecule has 0 aliphatic heterocycles. The van der Waals surface area contributed by atoms with Crippen LogP contribution in [-0.4, -0.2) is 52.8 Å². The van der Waals surface area contributed by atoms with E-state index in [9.17, 15) is 4.79 Å². The standard InChI is InChI=1S/C22H30N4O4.HI/c1-5-23-22(26-15-17-8-11-19(29-3)14-20(17)30-4)25-13-12-24-21(27)16-6-9-18(28-2)10-7-16;/h6-11,14H,5,12-13,15H2,1-4H3,(H,24,27)(H2,23,25,26);1H. The normalized spacial score (nSPS) is 10.5. The molecule has 0 saturated heterocycles. The van der Waals surface area contributed by atoms with Crippen molar-refractivity contribution in [2.24, 2.45) is 4.99 Å². The lowest BCUT2D eigenvalue weighted by atomic mass is 10.2. The Labute approximate surface area is 200 Å². The summed E-state index contributed by atoms with van der Waals surface area (Å²) in [4.78, 5) is 16.8. The number of amides is 1. The van der Waals surface area contributed by atoms with Gasteiger partial charge in [-0.05, 0) is 43.3 Å². The number of carbonyl (C=O) groups excluding carboxylic acids is 1. The van der Waals surface area contributed by atoms with Gasteiger partial charge in [-0.15, -0.1) is 24.0 Å². The van der Waals surface area contributed by atoms with Crippen molar-refractivity contribution in [3.63, 3.8) is 0 Å². The maximum atomic E-state index is 12.2. The third-order valence-electron chi connectivity index (χ3n) is 4.30. The Morgan fingerprint density at radius 1 is 0.871 bits per heavy atom. The van der Waals surface area contributed by atoms with Crippen LogP contribution in [0, 0.1) is 0 Å². The highest BCUT2D eigenvalue weighted by molar-refractivity contribution is 14.0. The maximum absolute atomic E-state index is 12.2. The van der Waals surface area contributed by atoms with Crippen LogP contribution in [0.5, 0.6) is 17.2 Å². The van der Waals surface area contributed by atoms with Gasteiger partial charge >= 0.3 is 0 Å². The van der Waals surface area contributed by atoms with Crippen molar-refractivity contribution in [2.45, 2.75) is 13.5 Å². The number of carbonyl (C=O) groups is 1. The quantitative estimate of drug-likeness (QED) is 0.185. The highest BCUT2D eigenvalue weighted by Gasteiger charge is 2.07. The molecule has 0 spiro atoms. The van der Waals surface area contributed by atoms with E-state index in [1.807, 2.05) is 25.1 Å². The lowest BCUT2D eigenvalue weighted by molar-refractivity contribution is 0.0954. The van der Waals surface area contributed by atoms with Crippen molar-refractivity contribution in [1.82, 2.24) is 16.0 Å². The molecule has 0 aliphatic rings. The summed E-state index contributed by atoms with van der Waals surface area (Å²) in [6, 6.07) is 12.6. The van der Waals surface area contributed by atoms with Gasteiger partial charge in [-0.1, -0.05) is 0 Å². The van der Waals surface area contributed by atoms with Crippen LogP contribution < -0.4 is 30.2 Å². The summed E-state index contributed by atoms with van der Waals surface area (Å²) in [5, 5.41) is 9.29. The monoisotopic (exact) mass is 542 g/mol. The average molecular weight is 542 g/mol. The number of hydrogen-bond donors (Lipinski definition) is 3. The summed E-state index contributed by atoms with van der Waals surface area (Å²) >= 11 is 0. The topological polar surface area (TPSA) is 93.2 Å². The molecule has 0 unspecified atom stereocenters. The number of benzene rings is 2. The molecule has 0 atom stereocenters. The minimum absolute atomic E-state index is 0. The molecule has 170 valence electrons. The molecule has 2 rings (SSSR count). The van der Waals surface area contributed by atoms with Crippen LogP contribution in [0.2, 0.25) is 0 Å². The molecule has 8 nitrogen and oxygen atoms in total. The van der Waals surface area contributed by atoms with Gasteiger partial charge in [0.25, 0.3) is 5.91 Å². The number of nitrogens with zero attached hydrogens (tertiary/aromatic N) is 1. The molecule has 2 aromatic rings. The zero-order chi connectivity index (χ0) is 21.8. The number of nitrogens with one attached hydrogen (secondary N) is 3. The lowest BCUT2D eigenvalue weighted by Gasteiger charge is -2.13. The van der Waals surface area contributed by atoms with Crippen LogP contribution in [0.15, 0.2) is 47.5 Å². The van der Waals surface area contributed by atoms with Gasteiger partial charge in [-0.25, -0.2) is 4.99 Å². The predicted molar refractivity (Wildman–Crippen MR) is 133 cm³/mol. The molecular formula is C22H31IN4O4. The molecule has 0 bridgehead atoms. The van der Waals surface area contributed by atoms with Crippen molar-refractivity contribution in [3.05, 3.63) is 53.6 Å². The zero-order valence-electron chi connectivity index (χ0n) is 18.4. The summed E-state index contributed by atoms with van der Waals surface area (Å²) in [5.41, 5.74) is 1.53. The van der Waals surface area contributed by atoms with E-state index in [1.165, 1.54) is 0 Å². The molecule has 9 heteroatoms. The Morgan fingerprint density at radius 2 is 1.52 bits per heavy atom. The van der Waals surface area contributed by atoms with E-state index >= 15 is 0 Å². The highest BCUT2D eigenvalue weighted by atomic mass is 127. The largest absolute Gasteiger partial charge is 0.497 e. The van der Waals surface area contributed by atoms with Crippen LogP contribution >= 0.6 is 24.0 Å². The van der Waals surface area contributed by atoms with Crippen LogP contribution in [0.3, 0.4) is 0 Å². The number of rotatable bonds is 10.